The van der Waals surface area contributed by atoms with Crippen molar-refractivity contribution in [2.45, 2.75) is 6.61 Å². The SMILES string of the molecule is COc1cnn(C)c1CO. The predicted octanol–water partition coefficient (Wildman–Crippen LogP) is -0.0790. The molecule has 0 spiro atoms. The van der Waals surface area contributed by atoms with Gasteiger partial charge < -0.3 is 9.84 Å². The molecule has 0 aliphatic heterocycles. The maximum absolute atomic E-state index is 8.78. The zero-order valence-corrected chi connectivity index (χ0v) is 6.03. The summed E-state index contributed by atoms with van der Waals surface area (Å²) in [6.45, 7) is -0.0420. The third-order valence-corrected chi connectivity index (χ3v) is 1.39. The van der Waals surface area contributed by atoms with Gasteiger partial charge in [0.2, 0.25) is 0 Å². The molecule has 0 unspecified atom stereocenters. The Labute approximate surface area is 59.0 Å². The molecule has 1 heterocycles. The normalized spacial score (nSPS) is 9.90. The quantitative estimate of drug-likeness (QED) is 0.628. The van der Waals surface area contributed by atoms with Gasteiger partial charge in [-0.25, -0.2) is 0 Å². The Kier molecular flexibility index (Phi) is 1.91. The predicted molar refractivity (Wildman–Crippen MR) is 35.7 cm³/mol. The summed E-state index contributed by atoms with van der Waals surface area (Å²) in [6.07, 6.45) is 1.57. The molecule has 0 bridgehead atoms. The molecule has 1 aromatic heterocycles. The molecule has 0 aromatic carbocycles. The molecule has 0 aliphatic carbocycles. The second kappa shape index (κ2) is 2.70. The number of aryl methyl sites for hydroxylation is 1. The molecule has 0 saturated carbocycles. The second-order valence-electron chi connectivity index (χ2n) is 1.94. The molecule has 0 fully saturated rings. The van der Waals surface area contributed by atoms with Crippen LogP contribution < -0.4 is 4.74 Å². The highest BCUT2D eigenvalue weighted by molar-refractivity contribution is 5.23. The monoisotopic (exact) mass is 142 g/mol. The first-order valence-electron chi connectivity index (χ1n) is 2.95. The van der Waals surface area contributed by atoms with E-state index in [0.29, 0.717) is 11.4 Å². The van der Waals surface area contributed by atoms with Gasteiger partial charge in [0.15, 0.2) is 5.75 Å². The van der Waals surface area contributed by atoms with Crippen LogP contribution in [-0.4, -0.2) is 22.0 Å². The van der Waals surface area contributed by atoms with Gasteiger partial charge in [-0.2, -0.15) is 5.10 Å². The summed E-state index contributed by atoms with van der Waals surface area (Å²) >= 11 is 0. The van der Waals surface area contributed by atoms with Crippen LogP contribution in [0.25, 0.3) is 0 Å². The molecule has 1 rings (SSSR count). The standard InChI is InChI=1S/C6H10N2O2/c1-8-5(4-9)6(10-2)3-7-8/h3,9H,4H2,1-2H3. The molecule has 56 valence electrons. The van der Waals surface area contributed by atoms with E-state index >= 15 is 0 Å². The van der Waals surface area contributed by atoms with Crippen LogP contribution >= 0.6 is 0 Å². The van der Waals surface area contributed by atoms with Crippen molar-refractivity contribution < 1.29 is 9.84 Å². The molecule has 0 aliphatic rings. The Morgan fingerprint density at radius 2 is 2.50 bits per heavy atom. The maximum atomic E-state index is 8.78. The number of aliphatic hydroxyl groups is 1. The van der Waals surface area contributed by atoms with E-state index in [4.69, 9.17) is 9.84 Å². The molecule has 10 heavy (non-hydrogen) atoms. The Morgan fingerprint density at radius 3 is 2.90 bits per heavy atom. The van der Waals surface area contributed by atoms with Crippen molar-refractivity contribution in [3.05, 3.63) is 11.9 Å². The van der Waals surface area contributed by atoms with Gasteiger partial charge >= 0.3 is 0 Å². The van der Waals surface area contributed by atoms with Crippen LogP contribution in [0.1, 0.15) is 5.69 Å². The summed E-state index contributed by atoms with van der Waals surface area (Å²) in [7, 11) is 3.31. The van der Waals surface area contributed by atoms with Gasteiger partial charge in [0.05, 0.1) is 19.9 Å². The largest absolute Gasteiger partial charge is 0.493 e. The molecular weight excluding hydrogens is 132 g/mol. The number of ether oxygens (including phenoxy) is 1. The first-order valence-corrected chi connectivity index (χ1v) is 2.95. The lowest BCUT2D eigenvalue weighted by Crippen LogP contribution is -1.98. The van der Waals surface area contributed by atoms with Gasteiger partial charge in [0, 0.05) is 7.05 Å². The van der Waals surface area contributed by atoms with Gasteiger partial charge in [-0.1, -0.05) is 0 Å². The zero-order chi connectivity index (χ0) is 7.56. The van der Waals surface area contributed by atoms with Crippen LogP contribution in [0.2, 0.25) is 0 Å². The summed E-state index contributed by atoms with van der Waals surface area (Å²) in [6, 6.07) is 0. The number of methoxy groups -OCH3 is 1. The van der Waals surface area contributed by atoms with E-state index in [9.17, 15) is 0 Å². The molecule has 4 heteroatoms. The molecule has 0 radical (unpaired) electrons. The number of hydrogen-bond donors (Lipinski definition) is 1. The fourth-order valence-electron chi connectivity index (χ4n) is 0.793. The highest BCUT2D eigenvalue weighted by atomic mass is 16.5. The van der Waals surface area contributed by atoms with E-state index in [1.165, 1.54) is 0 Å². The third kappa shape index (κ3) is 0.974. The minimum Gasteiger partial charge on any atom is -0.493 e. The zero-order valence-electron chi connectivity index (χ0n) is 6.03. The van der Waals surface area contributed by atoms with E-state index in [-0.39, 0.29) is 6.61 Å². The second-order valence-corrected chi connectivity index (χ2v) is 1.94. The van der Waals surface area contributed by atoms with Crippen molar-refractivity contribution in [3.8, 4) is 5.75 Å². The van der Waals surface area contributed by atoms with Gasteiger partial charge in [0.1, 0.15) is 5.69 Å². The average Bonchev–Trinajstić information content (AvgIpc) is 2.30. The lowest BCUT2D eigenvalue weighted by Gasteiger charge is -1.99. The minimum absolute atomic E-state index is 0.0420. The number of hydrogen-bond acceptors (Lipinski definition) is 3. The van der Waals surface area contributed by atoms with Crippen LogP contribution in [0.3, 0.4) is 0 Å². The third-order valence-electron chi connectivity index (χ3n) is 1.39. The Hall–Kier alpha value is -1.03. The number of aliphatic hydroxyl groups excluding tert-OH is 1. The molecule has 0 amide bonds. The summed E-state index contributed by atoms with van der Waals surface area (Å²) in [5.41, 5.74) is 0.697. The highest BCUT2D eigenvalue weighted by Gasteiger charge is 2.05. The van der Waals surface area contributed by atoms with Crippen molar-refractivity contribution in [2.24, 2.45) is 7.05 Å². The average molecular weight is 142 g/mol. The van der Waals surface area contributed by atoms with Crippen molar-refractivity contribution >= 4 is 0 Å². The van der Waals surface area contributed by atoms with Crippen LogP contribution in [0.5, 0.6) is 5.75 Å². The van der Waals surface area contributed by atoms with Crippen LogP contribution in [0, 0.1) is 0 Å². The lowest BCUT2D eigenvalue weighted by atomic mass is 10.4. The molecule has 4 nitrogen and oxygen atoms in total. The first-order chi connectivity index (χ1) is 4.79. The van der Waals surface area contributed by atoms with E-state index in [2.05, 4.69) is 5.10 Å². The van der Waals surface area contributed by atoms with E-state index in [1.807, 2.05) is 0 Å². The summed E-state index contributed by atoms with van der Waals surface area (Å²) in [5.74, 6) is 0.630. The van der Waals surface area contributed by atoms with Crippen molar-refractivity contribution in [1.82, 2.24) is 9.78 Å². The number of rotatable bonds is 2. The van der Waals surface area contributed by atoms with Gasteiger partial charge in [0.25, 0.3) is 0 Å². The van der Waals surface area contributed by atoms with E-state index < -0.39 is 0 Å². The molecular formula is C6H10N2O2. The molecule has 0 saturated heterocycles. The van der Waals surface area contributed by atoms with Crippen LogP contribution in [0.15, 0.2) is 6.20 Å². The molecule has 0 atom stereocenters. The first kappa shape index (κ1) is 7.08. The Bertz CT molecular complexity index is 220. The summed E-state index contributed by atoms with van der Waals surface area (Å²) in [5, 5.41) is 12.7. The van der Waals surface area contributed by atoms with Crippen molar-refractivity contribution in [3.63, 3.8) is 0 Å². The Morgan fingerprint density at radius 1 is 1.80 bits per heavy atom. The minimum atomic E-state index is -0.0420. The smallest absolute Gasteiger partial charge is 0.162 e. The molecule has 1 N–H and O–H groups in total. The van der Waals surface area contributed by atoms with Crippen molar-refractivity contribution in [1.29, 1.82) is 0 Å². The van der Waals surface area contributed by atoms with Crippen LogP contribution in [-0.2, 0) is 13.7 Å². The van der Waals surface area contributed by atoms with Gasteiger partial charge in [-0.3, -0.25) is 4.68 Å². The fraction of sp³-hybridized carbons (Fsp3) is 0.500. The highest BCUT2D eigenvalue weighted by Crippen LogP contribution is 2.15. The fourth-order valence-corrected chi connectivity index (χ4v) is 0.793. The Balaban J connectivity index is 3.01. The maximum Gasteiger partial charge on any atom is 0.162 e. The summed E-state index contributed by atoms with van der Waals surface area (Å²) in [4.78, 5) is 0. The van der Waals surface area contributed by atoms with Crippen LogP contribution in [0.4, 0.5) is 0 Å². The molecule has 1 aromatic rings. The summed E-state index contributed by atoms with van der Waals surface area (Å²) < 4.78 is 6.50. The van der Waals surface area contributed by atoms with Gasteiger partial charge in [-0.05, 0) is 0 Å². The van der Waals surface area contributed by atoms with E-state index in [1.54, 1.807) is 25.0 Å². The van der Waals surface area contributed by atoms with Crippen molar-refractivity contribution in [2.75, 3.05) is 7.11 Å². The number of aromatic nitrogens is 2. The lowest BCUT2D eigenvalue weighted by molar-refractivity contribution is 0.263. The van der Waals surface area contributed by atoms with E-state index in [0.717, 1.165) is 0 Å². The topological polar surface area (TPSA) is 47.3 Å². The van der Waals surface area contributed by atoms with Gasteiger partial charge in [-0.15, -0.1) is 0 Å². The number of nitrogens with zero attached hydrogens (tertiary/aromatic N) is 2.